The molecule has 156 valence electrons. The maximum absolute atomic E-state index is 13.8. The first kappa shape index (κ1) is 20.9. The number of benzene rings is 2. The second kappa shape index (κ2) is 9.13. The normalized spacial score (nSPS) is 14.9. The van der Waals surface area contributed by atoms with Crippen LogP contribution in [0.1, 0.15) is 15.9 Å². The first-order valence-corrected chi connectivity index (χ1v) is 8.96. The van der Waals surface area contributed by atoms with E-state index >= 15 is 0 Å². The summed E-state index contributed by atoms with van der Waals surface area (Å²) in [4.78, 5) is 16.3. The summed E-state index contributed by atoms with van der Waals surface area (Å²) in [6, 6.07) is 8.09. The average Bonchev–Trinajstić information content (AvgIpc) is 2.71. The lowest BCUT2D eigenvalue weighted by Gasteiger charge is -2.35. The van der Waals surface area contributed by atoms with E-state index in [9.17, 15) is 22.4 Å². The van der Waals surface area contributed by atoms with Gasteiger partial charge in [0.05, 0.1) is 7.11 Å². The minimum atomic E-state index is -3.00. The van der Waals surface area contributed by atoms with Crippen molar-refractivity contribution in [2.24, 2.45) is 0 Å². The number of piperazine rings is 1. The number of hydrogen-bond acceptors (Lipinski definition) is 4. The zero-order valence-corrected chi connectivity index (χ0v) is 15.7. The number of nitrogens with zero attached hydrogens (tertiary/aromatic N) is 2. The summed E-state index contributed by atoms with van der Waals surface area (Å²) in [6.07, 6.45) is 0. The van der Waals surface area contributed by atoms with Gasteiger partial charge in [0.25, 0.3) is 5.91 Å². The molecule has 1 saturated heterocycles. The van der Waals surface area contributed by atoms with E-state index in [1.807, 2.05) is 4.90 Å². The fourth-order valence-corrected chi connectivity index (χ4v) is 3.20. The number of halogens is 4. The predicted octanol–water partition coefficient (Wildman–Crippen LogP) is 3.53. The molecule has 3 rings (SSSR count). The van der Waals surface area contributed by atoms with Crippen molar-refractivity contribution in [1.82, 2.24) is 9.80 Å². The number of rotatable bonds is 6. The fraction of sp³-hybridized carbons (Fsp3) is 0.350. The molecule has 5 nitrogen and oxygen atoms in total. The van der Waals surface area contributed by atoms with E-state index in [2.05, 4.69) is 4.74 Å². The summed E-state index contributed by atoms with van der Waals surface area (Å²) in [5.41, 5.74) is 0.553. The van der Waals surface area contributed by atoms with Crippen LogP contribution in [0.25, 0.3) is 0 Å². The maximum atomic E-state index is 13.8. The van der Waals surface area contributed by atoms with Crippen molar-refractivity contribution in [2.75, 3.05) is 33.3 Å². The lowest BCUT2D eigenvalue weighted by atomic mass is 10.1. The first-order chi connectivity index (χ1) is 13.9. The summed E-state index contributed by atoms with van der Waals surface area (Å²) in [5.74, 6) is -2.13. The van der Waals surface area contributed by atoms with Crippen molar-refractivity contribution in [1.29, 1.82) is 0 Å². The van der Waals surface area contributed by atoms with Crippen molar-refractivity contribution < 1.29 is 31.8 Å². The zero-order chi connectivity index (χ0) is 21.0. The Morgan fingerprint density at radius 3 is 2.45 bits per heavy atom. The Hall–Kier alpha value is -2.81. The number of methoxy groups -OCH3 is 1. The highest BCUT2D eigenvalue weighted by Crippen LogP contribution is 2.30. The van der Waals surface area contributed by atoms with Gasteiger partial charge in [0, 0.05) is 43.9 Å². The molecule has 0 aliphatic carbocycles. The number of carbonyl (C=O) groups excluding carboxylic acids is 1. The standard InChI is InChI=1S/C20H20F4N2O3/c1-28-17-11-13(5-6-16(17)29-20(23)24)19(27)26-9-7-25(8-10-26)12-14-3-2-4-15(21)18(14)22/h2-6,11,20H,7-10,12H2,1H3. The third-order valence-corrected chi connectivity index (χ3v) is 4.71. The zero-order valence-electron chi connectivity index (χ0n) is 15.7. The number of carbonyl (C=O) groups is 1. The number of alkyl halides is 2. The van der Waals surface area contributed by atoms with Crippen LogP contribution < -0.4 is 9.47 Å². The minimum absolute atomic E-state index is 0.0383. The number of amides is 1. The Labute approximate surface area is 165 Å². The van der Waals surface area contributed by atoms with Crippen molar-refractivity contribution in [3.63, 3.8) is 0 Å². The van der Waals surface area contributed by atoms with Gasteiger partial charge in [-0.25, -0.2) is 8.78 Å². The van der Waals surface area contributed by atoms with Crippen molar-refractivity contribution in [3.05, 3.63) is 59.2 Å². The average molecular weight is 412 g/mol. The Bertz CT molecular complexity index is 871. The molecule has 9 heteroatoms. The van der Waals surface area contributed by atoms with Crippen molar-refractivity contribution >= 4 is 5.91 Å². The monoisotopic (exact) mass is 412 g/mol. The summed E-state index contributed by atoms with van der Waals surface area (Å²) in [7, 11) is 1.30. The Morgan fingerprint density at radius 1 is 1.07 bits per heavy atom. The van der Waals surface area contributed by atoms with E-state index in [-0.39, 0.29) is 35.1 Å². The van der Waals surface area contributed by atoms with Crippen LogP contribution in [0, 0.1) is 11.6 Å². The molecule has 0 atom stereocenters. The molecule has 0 saturated carbocycles. The SMILES string of the molecule is COc1cc(C(=O)N2CCN(Cc3cccc(F)c3F)CC2)ccc1OC(F)F. The molecule has 0 spiro atoms. The molecule has 29 heavy (non-hydrogen) atoms. The van der Waals surface area contributed by atoms with Gasteiger partial charge in [-0.05, 0) is 24.3 Å². The van der Waals surface area contributed by atoms with Gasteiger partial charge in [0.15, 0.2) is 23.1 Å². The molecule has 0 aromatic heterocycles. The largest absolute Gasteiger partial charge is 0.493 e. The van der Waals surface area contributed by atoms with Gasteiger partial charge >= 0.3 is 6.61 Å². The van der Waals surface area contributed by atoms with E-state index < -0.39 is 18.2 Å². The van der Waals surface area contributed by atoms with Crippen molar-refractivity contribution in [3.8, 4) is 11.5 Å². The molecule has 2 aromatic rings. The molecule has 1 aliphatic heterocycles. The van der Waals surface area contributed by atoms with E-state index in [1.54, 1.807) is 4.90 Å². The van der Waals surface area contributed by atoms with Gasteiger partial charge in [-0.2, -0.15) is 8.78 Å². The second-order valence-corrected chi connectivity index (χ2v) is 6.53. The van der Waals surface area contributed by atoms with Crippen LogP contribution in [0.5, 0.6) is 11.5 Å². The summed E-state index contributed by atoms with van der Waals surface area (Å²) >= 11 is 0. The summed E-state index contributed by atoms with van der Waals surface area (Å²) in [6.45, 7) is -0.974. The van der Waals surface area contributed by atoms with Gasteiger partial charge in [-0.15, -0.1) is 0 Å². The highest BCUT2D eigenvalue weighted by molar-refractivity contribution is 5.95. The van der Waals surface area contributed by atoms with Crippen LogP contribution in [-0.4, -0.2) is 55.6 Å². The lowest BCUT2D eigenvalue weighted by Crippen LogP contribution is -2.48. The molecule has 0 N–H and O–H groups in total. The lowest BCUT2D eigenvalue weighted by molar-refractivity contribution is -0.0512. The Balaban J connectivity index is 1.62. The fourth-order valence-electron chi connectivity index (χ4n) is 3.20. The highest BCUT2D eigenvalue weighted by Gasteiger charge is 2.24. The molecule has 1 aliphatic rings. The van der Waals surface area contributed by atoms with Gasteiger partial charge < -0.3 is 14.4 Å². The van der Waals surface area contributed by atoms with Crippen LogP contribution in [0.2, 0.25) is 0 Å². The second-order valence-electron chi connectivity index (χ2n) is 6.53. The maximum Gasteiger partial charge on any atom is 0.387 e. The molecule has 0 bridgehead atoms. The minimum Gasteiger partial charge on any atom is -0.493 e. The molecule has 1 heterocycles. The third-order valence-electron chi connectivity index (χ3n) is 4.71. The molecular weight excluding hydrogens is 392 g/mol. The highest BCUT2D eigenvalue weighted by atomic mass is 19.3. The Morgan fingerprint density at radius 2 is 1.79 bits per heavy atom. The van der Waals surface area contributed by atoms with Gasteiger partial charge in [0.1, 0.15) is 0 Å². The van der Waals surface area contributed by atoms with Crippen LogP contribution in [-0.2, 0) is 6.54 Å². The van der Waals surface area contributed by atoms with E-state index in [4.69, 9.17) is 4.74 Å². The molecule has 1 fully saturated rings. The van der Waals surface area contributed by atoms with Gasteiger partial charge in [-0.1, -0.05) is 12.1 Å². The van der Waals surface area contributed by atoms with Crippen LogP contribution in [0.4, 0.5) is 17.6 Å². The molecule has 0 unspecified atom stereocenters. The third kappa shape index (κ3) is 4.97. The number of ether oxygens (including phenoxy) is 2. The van der Waals surface area contributed by atoms with Crippen LogP contribution >= 0.6 is 0 Å². The topological polar surface area (TPSA) is 42.0 Å². The van der Waals surface area contributed by atoms with Gasteiger partial charge in [0.2, 0.25) is 0 Å². The first-order valence-electron chi connectivity index (χ1n) is 8.96. The van der Waals surface area contributed by atoms with Gasteiger partial charge in [-0.3, -0.25) is 9.69 Å². The molecule has 2 aromatic carbocycles. The van der Waals surface area contributed by atoms with Crippen LogP contribution in [0.3, 0.4) is 0 Å². The molecule has 0 radical (unpaired) electrons. The predicted molar refractivity (Wildman–Crippen MR) is 97.2 cm³/mol. The molecule has 1 amide bonds. The van der Waals surface area contributed by atoms with Crippen molar-refractivity contribution in [2.45, 2.75) is 13.2 Å². The smallest absolute Gasteiger partial charge is 0.387 e. The summed E-state index contributed by atoms with van der Waals surface area (Å²) < 4.78 is 61.4. The Kier molecular flexibility index (Phi) is 6.58. The number of hydrogen-bond donors (Lipinski definition) is 0. The summed E-state index contributed by atoms with van der Waals surface area (Å²) in [5, 5.41) is 0. The van der Waals surface area contributed by atoms with E-state index in [0.717, 1.165) is 6.07 Å². The van der Waals surface area contributed by atoms with E-state index in [1.165, 1.54) is 37.4 Å². The van der Waals surface area contributed by atoms with E-state index in [0.29, 0.717) is 26.2 Å². The molecular formula is C20H20F4N2O3. The van der Waals surface area contributed by atoms with Crippen LogP contribution in [0.15, 0.2) is 36.4 Å². The quantitative estimate of drug-likeness (QED) is 0.681.